The van der Waals surface area contributed by atoms with Gasteiger partial charge in [-0.25, -0.2) is 0 Å². The van der Waals surface area contributed by atoms with E-state index in [0.717, 1.165) is 0 Å². The van der Waals surface area contributed by atoms with Gasteiger partial charge in [-0.1, -0.05) is 25.3 Å². The van der Waals surface area contributed by atoms with Crippen molar-refractivity contribution >= 4 is 35.7 Å². The fourth-order valence-corrected chi connectivity index (χ4v) is 0. The van der Waals surface area contributed by atoms with Crippen molar-refractivity contribution in [3.8, 4) is 0 Å². The summed E-state index contributed by atoms with van der Waals surface area (Å²) in [5.41, 5.74) is 4.34. The van der Waals surface area contributed by atoms with Crippen molar-refractivity contribution in [1.82, 2.24) is 4.90 Å². The average molecular weight is 222 g/mol. The summed E-state index contributed by atoms with van der Waals surface area (Å²) in [4.78, 5) is 20.4. The molecule has 0 aliphatic carbocycles. The molecule has 2 amide bonds. The van der Waals surface area contributed by atoms with Gasteiger partial charge in [0.2, 0.25) is 0 Å². The van der Waals surface area contributed by atoms with Gasteiger partial charge in [0, 0.05) is 14.1 Å². The molecule has 0 aromatic rings. The van der Waals surface area contributed by atoms with Gasteiger partial charge in [0.05, 0.1) is 0 Å². The molecule has 11 heavy (non-hydrogen) atoms. The number of carbonyl (C=O) groups excluding carboxylic acids is 2. The maximum Gasteiger partial charge on any atom is 1.00 e. The molecule has 0 bridgehead atoms. The van der Waals surface area contributed by atoms with Crippen LogP contribution in [0.1, 0.15) is 1.43 Å². The minimum atomic E-state index is -0.639. The largest absolute Gasteiger partial charge is 1.00 e. The summed E-state index contributed by atoms with van der Waals surface area (Å²) in [7, 11) is 3.30. The van der Waals surface area contributed by atoms with Gasteiger partial charge in [0.1, 0.15) is 0 Å². The Hall–Kier alpha value is 1.28. The second-order valence-electron chi connectivity index (χ2n) is 1.52. The number of hydrogen-bond acceptors (Lipinski definition) is 2. The normalized spacial score (nSPS) is 6.55. The van der Waals surface area contributed by atoms with E-state index >= 15 is 0 Å². The molecule has 0 radical (unpaired) electrons. The van der Waals surface area contributed by atoms with Gasteiger partial charge in [0.25, 0.3) is 10.5 Å². The number of hydrogen-bond donors (Lipinski definition) is 3. The Kier molecular flexibility index (Phi) is 18.6. The molecule has 0 spiro atoms. The fourth-order valence-electron chi connectivity index (χ4n) is 0. The van der Waals surface area contributed by atoms with Gasteiger partial charge in [0.15, 0.2) is 0 Å². The van der Waals surface area contributed by atoms with Crippen molar-refractivity contribution in [3.05, 3.63) is 0 Å². The minimum Gasteiger partial charge on any atom is -1.00 e. The number of nitrogens with zero attached hydrogens (tertiary/aromatic N) is 1. The molecule has 62 valence electrons. The predicted octanol–water partition coefficient (Wildman–Crippen LogP) is -2.29. The quantitative estimate of drug-likeness (QED) is 0.319. The third-order valence-corrected chi connectivity index (χ3v) is 0.783. The van der Waals surface area contributed by atoms with Crippen molar-refractivity contribution in [2.45, 2.75) is 0 Å². The number of thiol groups is 2. The zero-order valence-electron chi connectivity index (χ0n) is 7.74. The van der Waals surface area contributed by atoms with Crippen molar-refractivity contribution in [2.75, 3.05) is 14.1 Å². The Balaban J connectivity index is -0.0000000483. The number of rotatable bonds is 0. The van der Waals surface area contributed by atoms with E-state index in [9.17, 15) is 4.79 Å². The first-order valence-electron chi connectivity index (χ1n) is 2.26. The van der Waals surface area contributed by atoms with Crippen molar-refractivity contribution in [1.29, 1.82) is 0 Å². The van der Waals surface area contributed by atoms with E-state index in [2.05, 4.69) is 31.0 Å². The maximum absolute atomic E-state index is 9.93. The van der Waals surface area contributed by atoms with Gasteiger partial charge in [-0.05, 0) is 0 Å². The van der Waals surface area contributed by atoms with E-state index in [-0.39, 0.29) is 58.1 Å². The summed E-state index contributed by atoms with van der Waals surface area (Å²) >= 11 is 6.58. The van der Waals surface area contributed by atoms with Crippen molar-refractivity contribution < 1.29 is 62.4 Å². The maximum atomic E-state index is 9.93. The number of primary amides is 1. The molecular formula is C4H11KN2O2S2. The monoisotopic (exact) mass is 222 g/mol. The summed E-state index contributed by atoms with van der Waals surface area (Å²) in [6.45, 7) is 0. The third kappa shape index (κ3) is 34.9. The van der Waals surface area contributed by atoms with Crippen LogP contribution in [0, 0.1) is 0 Å². The molecule has 2 N–H and O–H groups in total. The molecule has 0 saturated heterocycles. The van der Waals surface area contributed by atoms with Gasteiger partial charge >= 0.3 is 51.4 Å². The molecule has 0 aliphatic heterocycles. The second-order valence-corrected chi connectivity index (χ2v) is 2.34. The zero-order chi connectivity index (χ0) is 8.73. The summed E-state index contributed by atoms with van der Waals surface area (Å²) in [5.74, 6) is 0. The topological polar surface area (TPSA) is 63.4 Å². The van der Waals surface area contributed by atoms with Crippen LogP contribution < -0.4 is 57.1 Å². The molecule has 0 aromatic heterocycles. The SMILES string of the molecule is CN(C)C(=O)S.NC(=O)S.[H-].[K+]. The van der Waals surface area contributed by atoms with Crippen LogP contribution in [0.5, 0.6) is 0 Å². The third-order valence-electron chi connectivity index (χ3n) is 0.383. The first-order valence-corrected chi connectivity index (χ1v) is 3.16. The van der Waals surface area contributed by atoms with Crippen LogP contribution in [0.2, 0.25) is 0 Å². The van der Waals surface area contributed by atoms with E-state index in [1.165, 1.54) is 4.90 Å². The molecule has 0 rings (SSSR count). The van der Waals surface area contributed by atoms with E-state index in [0.29, 0.717) is 0 Å². The molecule has 0 atom stereocenters. The van der Waals surface area contributed by atoms with Gasteiger partial charge in [-0.15, -0.1) is 0 Å². The van der Waals surface area contributed by atoms with Crippen molar-refractivity contribution in [3.63, 3.8) is 0 Å². The van der Waals surface area contributed by atoms with Crippen LogP contribution >= 0.6 is 25.3 Å². The Bertz CT molecular complexity index is 132. The van der Waals surface area contributed by atoms with E-state index in [4.69, 9.17) is 4.79 Å². The van der Waals surface area contributed by atoms with E-state index < -0.39 is 5.24 Å². The molecule has 0 aliphatic rings. The van der Waals surface area contributed by atoms with Crippen molar-refractivity contribution in [2.24, 2.45) is 5.73 Å². The molecule has 4 nitrogen and oxygen atoms in total. The molecule has 0 aromatic carbocycles. The zero-order valence-corrected chi connectivity index (χ0v) is 11.6. The summed E-state index contributed by atoms with van der Waals surface area (Å²) in [6, 6.07) is 0. The van der Waals surface area contributed by atoms with Crippen LogP contribution in [-0.4, -0.2) is 29.5 Å². The Morgan fingerprint density at radius 1 is 1.36 bits per heavy atom. The van der Waals surface area contributed by atoms with Gasteiger partial charge < -0.3 is 12.1 Å². The van der Waals surface area contributed by atoms with Gasteiger partial charge in [-0.2, -0.15) is 0 Å². The Labute approximate surface area is 121 Å². The van der Waals surface area contributed by atoms with Crippen LogP contribution in [0.15, 0.2) is 0 Å². The molecule has 0 heterocycles. The first kappa shape index (κ1) is 18.1. The standard InChI is InChI=1S/C3H7NOS.CH3NOS.K.H/c1-4(2)3(5)6;2-1(3)4;;/h1-2H3,(H,5,6);(H3,2,3,4);;/q;;+1;-1. The summed E-state index contributed by atoms with van der Waals surface area (Å²) in [5, 5.41) is -0.852. The molecule has 0 saturated carbocycles. The number of nitrogens with two attached hydrogens (primary N) is 1. The van der Waals surface area contributed by atoms with Gasteiger partial charge in [-0.3, -0.25) is 9.59 Å². The molecular weight excluding hydrogens is 211 g/mol. The van der Waals surface area contributed by atoms with E-state index in [1.807, 2.05) is 0 Å². The van der Waals surface area contributed by atoms with Crippen LogP contribution in [0.3, 0.4) is 0 Å². The minimum absolute atomic E-state index is 0. The molecule has 0 unspecified atom stereocenters. The second kappa shape index (κ2) is 11.3. The van der Waals surface area contributed by atoms with Crippen LogP contribution in [-0.2, 0) is 0 Å². The van der Waals surface area contributed by atoms with E-state index in [1.54, 1.807) is 14.1 Å². The summed E-state index contributed by atoms with van der Waals surface area (Å²) < 4.78 is 0. The molecule has 7 heteroatoms. The smallest absolute Gasteiger partial charge is 1.00 e. The Morgan fingerprint density at radius 3 is 1.45 bits per heavy atom. The average Bonchev–Trinajstić information content (AvgIpc) is 1.63. The first-order chi connectivity index (χ1) is 4.37. The molecule has 0 fully saturated rings. The number of amides is 2. The van der Waals surface area contributed by atoms with Crippen LogP contribution in [0.25, 0.3) is 0 Å². The number of carbonyl (C=O) groups is 2. The predicted molar refractivity (Wildman–Crippen MR) is 47.8 cm³/mol. The van der Waals surface area contributed by atoms with Crippen LogP contribution in [0.4, 0.5) is 9.59 Å². The summed E-state index contributed by atoms with van der Waals surface area (Å²) in [6.07, 6.45) is 0. The Morgan fingerprint density at radius 2 is 1.45 bits per heavy atom. The fraction of sp³-hybridized carbons (Fsp3) is 0.500.